The third-order valence-electron chi connectivity index (χ3n) is 16.6. The molecule has 9 heteroatoms. The number of hydrogen-bond donors (Lipinski definition) is 2. The van der Waals surface area contributed by atoms with E-state index in [-0.39, 0.29) is 19.1 Å². The fraction of sp³-hybridized carbons (Fsp3) is 0.903. The Hall–Kier alpha value is -1.28. The van der Waals surface area contributed by atoms with Gasteiger partial charge in [0.2, 0.25) is 5.91 Å². The van der Waals surface area contributed by atoms with Gasteiger partial charge in [0, 0.05) is 6.42 Å². The number of quaternary nitrogens is 1. The molecule has 0 aromatic carbocycles. The molecule has 0 fully saturated rings. The lowest BCUT2D eigenvalue weighted by atomic mass is 10.0. The molecule has 0 rings (SSSR count). The molecule has 0 radical (unpaired) electrons. The summed E-state index contributed by atoms with van der Waals surface area (Å²) >= 11 is 0. The molecule has 3 unspecified atom stereocenters. The van der Waals surface area contributed by atoms with Gasteiger partial charge in [-0.25, -0.2) is 0 Å². The van der Waals surface area contributed by atoms with Crippen LogP contribution in [0, 0.1) is 0 Å². The smallest absolute Gasteiger partial charge is 0.268 e. The van der Waals surface area contributed by atoms with E-state index in [1.54, 1.807) is 0 Å². The number of likely N-dealkylation sites (N-methyl/N-ethyl adjacent to an activating group) is 1. The Balaban J connectivity index is 3.90. The third-order valence-corrected chi connectivity index (χ3v) is 17.6. The van der Waals surface area contributed by atoms with E-state index in [9.17, 15) is 19.4 Å². The number of hydrogen-bond acceptors (Lipinski definition) is 6. The molecule has 0 saturated carbocycles. The third kappa shape index (κ3) is 66.1. The van der Waals surface area contributed by atoms with E-state index in [1.807, 2.05) is 21.1 Å². The number of phosphoric ester groups is 1. The molecule has 0 aliphatic carbocycles. The van der Waals surface area contributed by atoms with Crippen molar-refractivity contribution in [2.24, 2.45) is 0 Å². The maximum atomic E-state index is 13.1. The minimum atomic E-state index is -4.58. The lowest BCUT2D eigenvalue weighted by Gasteiger charge is -2.30. The first-order valence-electron chi connectivity index (χ1n) is 35.8. The first kappa shape index (κ1) is 79.7. The number of nitrogens with zero attached hydrogens (tertiary/aromatic N) is 1. The van der Waals surface area contributed by atoms with Crippen molar-refractivity contribution >= 4 is 13.7 Å². The normalized spacial score (nSPS) is 13.8. The molecule has 0 aromatic heterocycles. The number of unbranched alkanes of at least 4 members (excludes halogenated alkanes) is 48. The Morgan fingerprint density at radius 2 is 0.716 bits per heavy atom. The van der Waals surface area contributed by atoms with Crippen LogP contribution in [0.5, 0.6) is 0 Å². The highest BCUT2D eigenvalue weighted by molar-refractivity contribution is 7.45. The molecule has 0 aliphatic rings. The van der Waals surface area contributed by atoms with Crippen LogP contribution in [0.4, 0.5) is 0 Å². The highest BCUT2D eigenvalue weighted by Crippen LogP contribution is 2.38. The average molecular weight is 1160 g/mol. The molecule has 0 heterocycles. The van der Waals surface area contributed by atoms with Gasteiger partial charge in [-0.2, -0.15) is 0 Å². The highest BCUT2D eigenvalue weighted by Gasteiger charge is 2.24. The fourth-order valence-electron chi connectivity index (χ4n) is 11.1. The SMILES string of the molecule is CCCCCCC/C=C\C/C=C\C/C=C\CCCCCCCCCCCCCCCCCCCCCCCCCCC(=O)NC(COP(=O)([O-])OCC[N+](C)(C)C)C(O)CCCCCCCCCCCCCCCCCCCCCC. The largest absolute Gasteiger partial charge is 0.756 e. The predicted molar refractivity (Wildman–Crippen MR) is 353 cm³/mol. The van der Waals surface area contributed by atoms with Gasteiger partial charge in [0.15, 0.2) is 0 Å². The summed E-state index contributed by atoms with van der Waals surface area (Å²) in [5.41, 5.74) is 0. The van der Waals surface area contributed by atoms with Gasteiger partial charge in [0.1, 0.15) is 13.2 Å². The molecule has 81 heavy (non-hydrogen) atoms. The van der Waals surface area contributed by atoms with Crippen molar-refractivity contribution in [1.29, 1.82) is 0 Å². The van der Waals surface area contributed by atoms with Gasteiger partial charge >= 0.3 is 0 Å². The summed E-state index contributed by atoms with van der Waals surface area (Å²) in [6, 6.07) is -0.799. The van der Waals surface area contributed by atoms with Crippen molar-refractivity contribution in [1.82, 2.24) is 5.32 Å². The van der Waals surface area contributed by atoms with Crippen molar-refractivity contribution in [2.75, 3.05) is 40.9 Å². The van der Waals surface area contributed by atoms with E-state index in [0.29, 0.717) is 23.9 Å². The first-order valence-corrected chi connectivity index (χ1v) is 37.3. The van der Waals surface area contributed by atoms with Gasteiger partial charge in [-0.05, 0) is 51.4 Å². The summed E-state index contributed by atoms with van der Waals surface area (Å²) in [5, 5.41) is 14.1. The van der Waals surface area contributed by atoms with Crippen molar-refractivity contribution in [2.45, 2.75) is 379 Å². The molecule has 0 saturated heterocycles. The maximum Gasteiger partial charge on any atom is 0.268 e. The summed E-state index contributed by atoms with van der Waals surface area (Å²) in [6.07, 6.45) is 83.7. The maximum absolute atomic E-state index is 13.1. The van der Waals surface area contributed by atoms with Crippen LogP contribution in [-0.2, 0) is 18.4 Å². The summed E-state index contributed by atoms with van der Waals surface area (Å²) in [4.78, 5) is 25.7. The van der Waals surface area contributed by atoms with Gasteiger partial charge in [-0.15, -0.1) is 0 Å². The van der Waals surface area contributed by atoms with E-state index in [2.05, 4.69) is 55.6 Å². The van der Waals surface area contributed by atoms with Crippen molar-refractivity contribution < 1.29 is 32.9 Å². The number of allylic oxidation sites excluding steroid dienone is 6. The van der Waals surface area contributed by atoms with Gasteiger partial charge < -0.3 is 28.8 Å². The molecule has 0 bridgehead atoms. The van der Waals surface area contributed by atoms with Crippen LogP contribution in [0.15, 0.2) is 36.5 Å². The topological polar surface area (TPSA) is 108 Å². The van der Waals surface area contributed by atoms with E-state index >= 15 is 0 Å². The molecular formula is C72H141N2O6P. The Bertz CT molecular complexity index is 1410. The highest BCUT2D eigenvalue weighted by atomic mass is 31.2. The second-order valence-electron chi connectivity index (χ2n) is 26.0. The molecule has 2 N–H and O–H groups in total. The second kappa shape index (κ2) is 63.2. The molecule has 0 aliphatic heterocycles. The van der Waals surface area contributed by atoms with Crippen molar-refractivity contribution in [3.8, 4) is 0 Å². The zero-order valence-corrected chi connectivity index (χ0v) is 55.9. The van der Waals surface area contributed by atoms with E-state index in [1.165, 1.54) is 289 Å². The van der Waals surface area contributed by atoms with Crippen LogP contribution in [-0.4, -0.2) is 68.5 Å². The summed E-state index contributed by atoms with van der Waals surface area (Å²) in [6.45, 7) is 4.76. The molecule has 8 nitrogen and oxygen atoms in total. The molecular weight excluding hydrogens is 1020 g/mol. The van der Waals surface area contributed by atoms with Gasteiger partial charge in [0.25, 0.3) is 7.82 Å². The van der Waals surface area contributed by atoms with Gasteiger partial charge in [0.05, 0.1) is 39.9 Å². The number of phosphoric acid groups is 1. The molecule has 1 amide bonds. The number of aliphatic hydroxyl groups excluding tert-OH is 1. The molecule has 0 aromatic rings. The molecule has 3 atom stereocenters. The first-order chi connectivity index (χ1) is 39.5. The van der Waals surface area contributed by atoms with Crippen LogP contribution in [0.1, 0.15) is 367 Å². The summed E-state index contributed by atoms with van der Waals surface area (Å²) < 4.78 is 23.5. The minimum Gasteiger partial charge on any atom is -0.756 e. The zero-order valence-electron chi connectivity index (χ0n) is 55.0. The number of amides is 1. The Labute approximate surface area is 506 Å². The minimum absolute atomic E-state index is 0.0149. The number of aliphatic hydroxyl groups is 1. The van der Waals surface area contributed by atoms with E-state index in [4.69, 9.17) is 9.05 Å². The van der Waals surface area contributed by atoms with Gasteiger partial charge in [-0.3, -0.25) is 9.36 Å². The molecule has 480 valence electrons. The van der Waals surface area contributed by atoms with Crippen LogP contribution < -0.4 is 10.2 Å². The summed E-state index contributed by atoms with van der Waals surface area (Å²) in [5.74, 6) is -0.156. The van der Waals surface area contributed by atoms with E-state index < -0.39 is 20.0 Å². The quantitative estimate of drug-likeness (QED) is 0.0272. The van der Waals surface area contributed by atoms with Crippen molar-refractivity contribution in [3.63, 3.8) is 0 Å². The molecule has 0 spiro atoms. The predicted octanol–water partition coefficient (Wildman–Crippen LogP) is 22.2. The Kier molecular flexibility index (Phi) is 62.2. The van der Waals surface area contributed by atoms with E-state index in [0.717, 1.165) is 51.4 Å². The average Bonchev–Trinajstić information content (AvgIpc) is 3.43. The number of rotatable bonds is 67. The van der Waals surface area contributed by atoms with Crippen LogP contribution in [0.25, 0.3) is 0 Å². The van der Waals surface area contributed by atoms with Crippen LogP contribution >= 0.6 is 7.82 Å². The standard InChI is InChI=1S/C72H141N2O6P/c1-6-8-10-12-14-16-18-20-22-24-26-28-29-30-31-32-33-34-35-36-37-38-39-40-41-42-43-44-45-46-48-50-52-54-56-58-60-62-64-66-72(76)73-70(69-80-81(77,78)79-68-67-74(3,4)5)71(75)65-63-61-59-57-55-53-51-49-47-27-25-23-21-19-17-15-13-11-9-7-2/h18,20,24,26,29-30,70-71,75H,6-17,19,21-23,25,27-28,31-69H2,1-5H3,(H-,73,76,77,78)/b20-18-,26-24-,30-29-. The zero-order chi connectivity index (χ0) is 59.1. The second-order valence-corrected chi connectivity index (χ2v) is 27.4. The monoisotopic (exact) mass is 1160 g/mol. The number of carbonyl (C=O) groups is 1. The lowest BCUT2D eigenvalue weighted by molar-refractivity contribution is -0.870. The van der Waals surface area contributed by atoms with Gasteiger partial charge in [-0.1, -0.05) is 346 Å². The Morgan fingerprint density at radius 1 is 0.432 bits per heavy atom. The fourth-order valence-corrected chi connectivity index (χ4v) is 11.8. The Morgan fingerprint density at radius 3 is 1.04 bits per heavy atom. The number of nitrogens with one attached hydrogen (secondary N) is 1. The number of carbonyl (C=O) groups excluding carboxylic acids is 1. The van der Waals surface area contributed by atoms with Crippen LogP contribution in [0.2, 0.25) is 0 Å². The van der Waals surface area contributed by atoms with Crippen molar-refractivity contribution in [3.05, 3.63) is 36.5 Å². The summed E-state index contributed by atoms with van der Waals surface area (Å²) in [7, 11) is 1.32. The lowest BCUT2D eigenvalue weighted by Crippen LogP contribution is -2.46. The van der Waals surface area contributed by atoms with Crippen LogP contribution in [0.3, 0.4) is 0 Å².